The summed E-state index contributed by atoms with van der Waals surface area (Å²) < 4.78 is 7.50. The summed E-state index contributed by atoms with van der Waals surface area (Å²) in [6, 6.07) is 13.8. The number of carbonyl (C=O) groups is 1. The normalized spacial score (nSPS) is 21.3. The van der Waals surface area contributed by atoms with Crippen LogP contribution in [-0.4, -0.2) is 38.7 Å². The number of hydrogen-bond donors (Lipinski definition) is 1. The third-order valence-electron chi connectivity index (χ3n) is 5.81. The van der Waals surface area contributed by atoms with E-state index in [-0.39, 0.29) is 5.91 Å². The van der Waals surface area contributed by atoms with Crippen LogP contribution in [0.5, 0.6) is 0 Å². The smallest absolute Gasteiger partial charge is 0.289 e. The minimum atomic E-state index is -0.161. The molecule has 0 radical (unpaired) electrons. The lowest BCUT2D eigenvalue weighted by molar-refractivity contribution is 0.0933. The predicted molar refractivity (Wildman–Crippen MR) is 102 cm³/mol. The van der Waals surface area contributed by atoms with Gasteiger partial charge in [0, 0.05) is 32.1 Å². The third kappa shape index (κ3) is 3.22. The Morgan fingerprint density at radius 3 is 2.86 bits per heavy atom. The van der Waals surface area contributed by atoms with E-state index in [0.717, 1.165) is 49.7 Å². The molecule has 1 fully saturated rings. The van der Waals surface area contributed by atoms with Crippen LogP contribution < -0.4 is 5.32 Å². The van der Waals surface area contributed by atoms with Crippen molar-refractivity contribution in [2.45, 2.75) is 32.0 Å². The maximum Gasteiger partial charge on any atom is 0.289 e. The number of rotatable bonds is 5. The van der Waals surface area contributed by atoms with Crippen LogP contribution in [0.2, 0.25) is 0 Å². The van der Waals surface area contributed by atoms with Crippen molar-refractivity contribution >= 4 is 5.91 Å². The van der Waals surface area contributed by atoms with Crippen LogP contribution in [0.3, 0.4) is 0 Å². The Labute approximate surface area is 163 Å². The quantitative estimate of drug-likeness (QED) is 0.739. The zero-order chi connectivity index (χ0) is 18.9. The number of hydrogen-bond acceptors (Lipinski definition) is 5. The molecule has 1 aromatic carbocycles. The van der Waals surface area contributed by atoms with E-state index in [1.807, 2.05) is 47.0 Å². The number of benzene rings is 1. The van der Waals surface area contributed by atoms with E-state index in [9.17, 15) is 4.79 Å². The van der Waals surface area contributed by atoms with Gasteiger partial charge >= 0.3 is 0 Å². The molecular formula is C21H23N5O2. The largest absolute Gasteiger partial charge is 0.468 e. The van der Waals surface area contributed by atoms with Gasteiger partial charge in [0.2, 0.25) is 5.82 Å². The molecule has 1 N–H and O–H groups in total. The van der Waals surface area contributed by atoms with Crippen molar-refractivity contribution in [2.24, 2.45) is 5.92 Å². The van der Waals surface area contributed by atoms with Gasteiger partial charge in [-0.1, -0.05) is 30.3 Å². The molecule has 3 aromatic rings. The zero-order valence-corrected chi connectivity index (χ0v) is 15.6. The molecule has 5 rings (SSSR count). The molecule has 0 bridgehead atoms. The van der Waals surface area contributed by atoms with Gasteiger partial charge in [-0.3, -0.25) is 9.69 Å². The molecule has 0 aliphatic carbocycles. The van der Waals surface area contributed by atoms with E-state index in [0.29, 0.717) is 24.2 Å². The van der Waals surface area contributed by atoms with Gasteiger partial charge in [-0.2, -0.15) is 0 Å². The minimum Gasteiger partial charge on any atom is -0.468 e. The number of nitrogens with zero attached hydrogens (tertiary/aromatic N) is 4. The Morgan fingerprint density at radius 1 is 1.14 bits per heavy atom. The van der Waals surface area contributed by atoms with Crippen molar-refractivity contribution in [3.05, 3.63) is 71.7 Å². The molecule has 0 unspecified atom stereocenters. The van der Waals surface area contributed by atoms with Crippen LogP contribution >= 0.6 is 0 Å². The van der Waals surface area contributed by atoms with Gasteiger partial charge in [-0.15, -0.1) is 10.2 Å². The first-order valence-corrected chi connectivity index (χ1v) is 9.78. The summed E-state index contributed by atoms with van der Waals surface area (Å²) in [6.07, 6.45) is 2.76. The minimum absolute atomic E-state index is 0.161. The topological polar surface area (TPSA) is 76.2 Å². The van der Waals surface area contributed by atoms with E-state index in [1.165, 1.54) is 0 Å². The highest BCUT2D eigenvalue weighted by Crippen LogP contribution is 2.38. The molecule has 2 aliphatic heterocycles. The lowest BCUT2D eigenvalue weighted by atomic mass is 9.89. The van der Waals surface area contributed by atoms with Gasteiger partial charge in [0.1, 0.15) is 11.6 Å². The summed E-state index contributed by atoms with van der Waals surface area (Å²) in [7, 11) is 0. The molecule has 1 amide bonds. The van der Waals surface area contributed by atoms with Crippen molar-refractivity contribution < 1.29 is 9.21 Å². The lowest BCUT2D eigenvalue weighted by Gasteiger charge is -2.25. The highest BCUT2D eigenvalue weighted by molar-refractivity contribution is 5.90. The standard InChI is InChI=1S/C21H23N5O2/c27-21(22-11-15-5-2-1-3-6-15)20-24-23-19-18-14-25(13-17-7-4-10-28-17)12-16(18)8-9-26(19)20/h1-7,10,16,18H,8-9,11-14H2,(H,22,27)/t16-,18+/m1/s1. The van der Waals surface area contributed by atoms with E-state index in [4.69, 9.17) is 4.42 Å². The average Bonchev–Trinajstić information content (AvgIpc) is 3.45. The second-order valence-corrected chi connectivity index (χ2v) is 7.63. The molecule has 28 heavy (non-hydrogen) atoms. The predicted octanol–water partition coefficient (Wildman–Crippen LogP) is 2.42. The first kappa shape index (κ1) is 17.2. The Bertz CT molecular complexity index is 951. The molecule has 2 atom stereocenters. The fourth-order valence-electron chi connectivity index (χ4n) is 4.43. The monoisotopic (exact) mass is 377 g/mol. The van der Waals surface area contributed by atoms with Crippen molar-refractivity contribution in [2.75, 3.05) is 13.1 Å². The second-order valence-electron chi connectivity index (χ2n) is 7.63. The van der Waals surface area contributed by atoms with E-state index in [2.05, 4.69) is 20.4 Å². The molecule has 2 aromatic heterocycles. The molecule has 0 saturated carbocycles. The van der Waals surface area contributed by atoms with Crippen LogP contribution in [0, 0.1) is 5.92 Å². The molecular weight excluding hydrogens is 354 g/mol. The van der Waals surface area contributed by atoms with Gasteiger partial charge in [0.15, 0.2) is 0 Å². The summed E-state index contributed by atoms with van der Waals surface area (Å²) in [5, 5.41) is 11.6. The Balaban J connectivity index is 1.28. The first-order chi connectivity index (χ1) is 13.8. The zero-order valence-electron chi connectivity index (χ0n) is 15.6. The fourth-order valence-corrected chi connectivity index (χ4v) is 4.43. The molecule has 7 heteroatoms. The van der Waals surface area contributed by atoms with Gasteiger partial charge in [-0.25, -0.2) is 0 Å². The number of aromatic nitrogens is 3. The van der Waals surface area contributed by atoms with Crippen LogP contribution in [0.25, 0.3) is 0 Å². The van der Waals surface area contributed by atoms with Crippen LogP contribution in [0.4, 0.5) is 0 Å². The second kappa shape index (κ2) is 7.24. The van der Waals surface area contributed by atoms with Crippen molar-refractivity contribution in [3.8, 4) is 0 Å². The summed E-state index contributed by atoms with van der Waals surface area (Å²) >= 11 is 0. The number of fused-ring (bicyclic) bond motifs is 3. The maximum absolute atomic E-state index is 12.7. The third-order valence-corrected chi connectivity index (χ3v) is 5.81. The molecule has 0 spiro atoms. The Morgan fingerprint density at radius 2 is 2.04 bits per heavy atom. The molecule has 4 heterocycles. The summed E-state index contributed by atoms with van der Waals surface area (Å²) in [5.74, 6) is 3.09. The molecule has 1 saturated heterocycles. The van der Waals surface area contributed by atoms with E-state index in [1.54, 1.807) is 6.26 Å². The van der Waals surface area contributed by atoms with Crippen LogP contribution in [0.15, 0.2) is 53.1 Å². The van der Waals surface area contributed by atoms with Gasteiger partial charge in [0.25, 0.3) is 5.91 Å². The highest BCUT2D eigenvalue weighted by Gasteiger charge is 2.40. The van der Waals surface area contributed by atoms with Crippen molar-refractivity contribution in [3.63, 3.8) is 0 Å². The average molecular weight is 377 g/mol. The van der Waals surface area contributed by atoms with Gasteiger partial charge < -0.3 is 14.3 Å². The number of likely N-dealkylation sites (tertiary alicyclic amines) is 1. The van der Waals surface area contributed by atoms with Crippen molar-refractivity contribution in [1.82, 2.24) is 25.0 Å². The van der Waals surface area contributed by atoms with E-state index >= 15 is 0 Å². The lowest BCUT2D eigenvalue weighted by Crippen LogP contribution is -2.30. The first-order valence-electron chi connectivity index (χ1n) is 9.78. The van der Waals surface area contributed by atoms with Gasteiger partial charge in [0.05, 0.1) is 12.8 Å². The van der Waals surface area contributed by atoms with Crippen molar-refractivity contribution in [1.29, 1.82) is 0 Å². The number of nitrogens with one attached hydrogen (secondary N) is 1. The molecule has 2 aliphatic rings. The highest BCUT2D eigenvalue weighted by atomic mass is 16.3. The Kier molecular flexibility index (Phi) is 4.44. The number of carbonyl (C=O) groups excluding carboxylic acids is 1. The number of furan rings is 1. The molecule has 144 valence electrons. The van der Waals surface area contributed by atoms with Gasteiger partial charge in [-0.05, 0) is 30.0 Å². The number of amides is 1. The Hall–Kier alpha value is -2.93. The summed E-state index contributed by atoms with van der Waals surface area (Å²) in [5.41, 5.74) is 1.07. The fraction of sp³-hybridized carbons (Fsp3) is 0.381. The van der Waals surface area contributed by atoms with Crippen LogP contribution in [0.1, 0.15) is 40.1 Å². The van der Waals surface area contributed by atoms with E-state index < -0.39 is 0 Å². The summed E-state index contributed by atoms with van der Waals surface area (Å²) in [6.45, 7) is 4.07. The van der Waals surface area contributed by atoms with Crippen LogP contribution in [-0.2, 0) is 19.6 Å². The SMILES string of the molecule is O=C(NCc1ccccc1)c1nnc2n1CC[C@@H]1CN(Cc3ccco3)C[C@H]21. The molecule has 7 nitrogen and oxygen atoms in total. The summed E-state index contributed by atoms with van der Waals surface area (Å²) in [4.78, 5) is 15.1. The maximum atomic E-state index is 12.7.